The first-order valence-corrected chi connectivity index (χ1v) is 6.24. The highest BCUT2D eigenvalue weighted by molar-refractivity contribution is 7.88. The molecule has 2 nitrogen and oxygen atoms in total. The van der Waals surface area contributed by atoms with Crippen molar-refractivity contribution in [1.82, 2.24) is 0 Å². The summed E-state index contributed by atoms with van der Waals surface area (Å²) in [6.45, 7) is 1.72. The topological polar surface area (TPSA) is 29.4 Å². The smallest absolute Gasteiger partial charge is 0.272 e. The van der Waals surface area contributed by atoms with E-state index in [2.05, 4.69) is 4.36 Å². The van der Waals surface area contributed by atoms with Crippen molar-refractivity contribution < 1.29 is 18.0 Å². The summed E-state index contributed by atoms with van der Waals surface area (Å²) in [5, 5.41) is 0. The number of nitrogens with zero attached hydrogens (tertiary/aromatic N) is 1. The van der Waals surface area contributed by atoms with Gasteiger partial charge in [0.05, 0.1) is 0 Å². The van der Waals surface area contributed by atoms with Crippen LogP contribution >= 0.6 is 0 Å². The van der Waals surface area contributed by atoms with Crippen LogP contribution in [0.2, 0.25) is 0 Å². The van der Waals surface area contributed by atoms with Gasteiger partial charge in [-0.15, -0.1) is 0 Å². The van der Waals surface area contributed by atoms with Crippen LogP contribution in [-0.2, 0) is 15.5 Å². The molecule has 1 aromatic rings. The van der Waals surface area contributed by atoms with Crippen molar-refractivity contribution in [3.63, 3.8) is 0 Å². The largest absolute Gasteiger partial charge is 0.457 e. The molecule has 1 aromatic carbocycles. The maximum Gasteiger partial charge on any atom is 0.457 e. The highest BCUT2D eigenvalue weighted by atomic mass is 32.2. The van der Waals surface area contributed by atoms with Gasteiger partial charge in [0.25, 0.3) is 5.91 Å². The van der Waals surface area contributed by atoms with E-state index in [1.807, 2.05) is 0 Å². The lowest BCUT2D eigenvalue weighted by Gasteiger charge is -2.11. The second-order valence-electron chi connectivity index (χ2n) is 3.28. The van der Waals surface area contributed by atoms with Crippen LogP contribution < -0.4 is 0 Å². The minimum Gasteiger partial charge on any atom is -0.272 e. The van der Waals surface area contributed by atoms with Crippen molar-refractivity contribution in [2.45, 2.75) is 30.2 Å². The Morgan fingerprint density at radius 1 is 1.29 bits per heavy atom. The molecule has 1 atom stereocenters. The minimum absolute atomic E-state index is 0.0180. The zero-order valence-electron chi connectivity index (χ0n) is 9.20. The number of hydrogen-bond donors (Lipinski definition) is 0. The van der Waals surface area contributed by atoms with Crippen LogP contribution in [0, 0.1) is 0 Å². The molecule has 17 heavy (non-hydrogen) atoms. The Hall–Kier alpha value is -1.17. The van der Waals surface area contributed by atoms with Gasteiger partial charge < -0.3 is 0 Å². The first-order valence-electron chi connectivity index (χ1n) is 5.06. The molecule has 0 saturated carbocycles. The fraction of sp³-hybridized carbons (Fsp3) is 0.364. The van der Waals surface area contributed by atoms with Gasteiger partial charge in [0, 0.05) is 22.0 Å². The zero-order chi connectivity index (χ0) is 12.9. The molecule has 0 heterocycles. The molecule has 94 valence electrons. The van der Waals surface area contributed by atoms with Crippen molar-refractivity contribution in [3.8, 4) is 0 Å². The van der Waals surface area contributed by atoms with Gasteiger partial charge in [0.1, 0.15) is 0 Å². The van der Waals surface area contributed by atoms with Crippen molar-refractivity contribution >= 4 is 16.6 Å². The van der Waals surface area contributed by atoms with E-state index >= 15 is 0 Å². The predicted molar refractivity (Wildman–Crippen MR) is 60.5 cm³/mol. The minimum atomic E-state index is -4.51. The molecule has 0 fully saturated rings. The lowest BCUT2D eigenvalue weighted by molar-refractivity contribution is -0.117. The number of amides is 1. The van der Waals surface area contributed by atoms with E-state index in [0.29, 0.717) is 6.42 Å². The molecule has 1 amide bonds. The number of alkyl halides is 3. The van der Waals surface area contributed by atoms with Gasteiger partial charge in [0.15, 0.2) is 0 Å². The molecule has 6 heteroatoms. The maximum atomic E-state index is 12.8. The summed E-state index contributed by atoms with van der Waals surface area (Å²) in [7, 11) is -2.36. The van der Waals surface area contributed by atoms with Crippen molar-refractivity contribution in [2.24, 2.45) is 4.36 Å². The third-order valence-corrected chi connectivity index (χ3v) is 3.39. The number of carbonyl (C=O) groups excluding carboxylic acids is 1. The molecule has 0 radical (unpaired) electrons. The number of rotatable bonds is 3. The molecule has 0 N–H and O–H groups in total. The number of hydrogen-bond acceptors (Lipinski definition) is 1. The van der Waals surface area contributed by atoms with E-state index in [4.69, 9.17) is 0 Å². The van der Waals surface area contributed by atoms with E-state index in [1.54, 1.807) is 13.0 Å². The molecule has 0 aliphatic heterocycles. The van der Waals surface area contributed by atoms with Crippen LogP contribution in [0.25, 0.3) is 0 Å². The summed E-state index contributed by atoms with van der Waals surface area (Å²) >= 11 is 0. The van der Waals surface area contributed by atoms with Gasteiger partial charge in [-0.05, 0) is 18.6 Å². The number of halogens is 3. The first-order chi connectivity index (χ1) is 7.95. The summed E-state index contributed by atoms with van der Waals surface area (Å²) in [5.41, 5.74) is -4.51. The number of carbonyl (C=O) groups is 1. The molecule has 1 rings (SSSR count). The third-order valence-electron chi connectivity index (χ3n) is 1.84. The van der Waals surface area contributed by atoms with Crippen LogP contribution in [0.15, 0.2) is 39.6 Å². The predicted octanol–water partition coefficient (Wildman–Crippen LogP) is 3.69. The molecule has 0 aliphatic rings. The summed E-state index contributed by atoms with van der Waals surface area (Å²) in [5.74, 6) is -0.697. The summed E-state index contributed by atoms with van der Waals surface area (Å²) in [6.07, 6.45) is 0.540. The van der Waals surface area contributed by atoms with Crippen LogP contribution in [0.4, 0.5) is 13.2 Å². The Morgan fingerprint density at radius 3 is 2.35 bits per heavy atom. The van der Waals surface area contributed by atoms with Gasteiger partial charge in [0.2, 0.25) is 0 Å². The molecule has 1 unspecified atom stereocenters. The van der Waals surface area contributed by atoms with Gasteiger partial charge in [-0.1, -0.05) is 25.1 Å². The van der Waals surface area contributed by atoms with Crippen LogP contribution in [-0.4, -0.2) is 11.4 Å². The SMILES string of the molecule is CCCC(=O)N=S(c1ccccc1)C(F)(F)F. The fourth-order valence-electron chi connectivity index (χ4n) is 1.15. The quantitative estimate of drug-likeness (QED) is 0.817. The first kappa shape index (κ1) is 13.9. The standard InChI is InChI=1S/C11H12F3NOS/c1-2-6-10(16)15-17(11(12,13)14)9-7-4-3-5-8-9/h3-5,7-8H,2,6H2,1H3. The Morgan fingerprint density at radius 2 is 1.88 bits per heavy atom. The normalized spacial score (nSPS) is 13.6. The molecular formula is C11H12F3NOS. The fourth-order valence-corrected chi connectivity index (χ4v) is 2.33. The van der Waals surface area contributed by atoms with Crippen molar-refractivity contribution in [2.75, 3.05) is 0 Å². The summed E-state index contributed by atoms with van der Waals surface area (Å²) in [6, 6.07) is 7.29. The van der Waals surface area contributed by atoms with E-state index in [-0.39, 0.29) is 11.3 Å². The van der Waals surface area contributed by atoms with Crippen molar-refractivity contribution in [3.05, 3.63) is 30.3 Å². The highest BCUT2D eigenvalue weighted by Crippen LogP contribution is 2.28. The van der Waals surface area contributed by atoms with E-state index in [1.165, 1.54) is 24.3 Å². The monoisotopic (exact) mass is 263 g/mol. The Balaban J connectivity index is 3.10. The lowest BCUT2D eigenvalue weighted by Crippen LogP contribution is -2.17. The summed E-state index contributed by atoms with van der Waals surface area (Å²) < 4.78 is 41.6. The number of benzene rings is 1. The van der Waals surface area contributed by atoms with E-state index < -0.39 is 22.1 Å². The van der Waals surface area contributed by atoms with Crippen LogP contribution in [0.1, 0.15) is 19.8 Å². The van der Waals surface area contributed by atoms with Gasteiger partial charge in [-0.25, -0.2) is 0 Å². The second-order valence-corrected chi connectivity index (χ2v) is 4.96. The Kier molecular flexibility index (Phi) is 4.86. The summed E-state index contributed by atoms with van der Waals surface area (Å²) in [4.78, 5) is 11.2. The average Bonchev–Trinajstić information content (AvgIpc) is 2.26. The average molecular weight is 263 g/mol. The molecule has 0 bridgehead atoms. The molecule has 0 aliphatic carbocycles. The van der Waals surface area contributed by atoms with E-state index in [0.717, 1.165) is 0 Å². The van der Waals surface area contributed by atoms with Crippen LogP contribution in [0.5, 0.6) is 0 Å². The second kappa shape index (κ2) is 5.95. The third kappa shape index (κ3) is 4.30. The molecule has 0 spiro atoms. The molecular weight excluding hydrogens is 251 g/mol. The van der Waals surface area contributed by atoms with E-state index in [9.17, 15) is 18.0 Å². The lowest BCUT2D eigenvalue weighted by atomic mass is 10.3. The van der Waals surface area contributed by atoms with Crippen LogP contribution in [0.3, 0.4) is 0 Å². The zero-order valence-corrected chi connectivity index (χ0v) is 10.0. The van der Waals surface area contributed by atoms with Gasteiger partial charge in [-0.3, -0.25) is 4.79 Å². The molecule has 0 aromatic heterocycles. The van der Waals surface area contributed by atoms with Gasteiger partial charge >= 0.3 is 5.51 Å². The maximum absolute atomic E-state index is 12.8. The Bertz CT molecular complexity index is 414. The van der Waals surface area contributed by atoms with Gasteiger partial charge in [-0.2, -0.15) is 17.5 Å². The highest BCUT2D eigenvalue weighted by Gasteiger charge is 2.36. The molecule has 0 saturated heterocycles. The van der Waals surface area contributed by atoms with Crippen molar-refractivity contribution in [1.29, 1.82) is 0 Å². The Labute approximate surface area is 99.9 Å².